The highest BCUT2D eigenvalue weighted by molar-refractivity contribution is 7.14. The van der Waals surface area contributed by atoms with Gasteiger partial charge in [-0.05, 0) is 37.4 Å². The Morgan fingerprint density at radius 1 is 1.29 bits per heavy atom. The molecular formula is C12H12N2OS2. The largest absolute Gasteiger partial charge is 0.281 e. The number of hydrazone groups is 1. The number of thiophene rings is 2. The quantitative estimate of drug-likeness (QED) is 0.671. The molecule has 3 nitrogen and oxygen atoms in total. The topological polar surface area (TPSA) is 41.5 Å². The fourth-order valence-electron chi connectivity index (χ4n) is 1.28. The van der Waals surface area contributed by atoms with E-state index in [0.29, 0.717) is 4.88 Å². The lowest BCUT2D eigenvalue weighted by Crippen LogP contribution is -2.17. The van der Waals surface area contributed by atoms with E-state index < -0.39 is 0 Å². The van der Waals surface area contributed by atoms with Gasteiger partial charge in [0.1, 0.15) is 0 Å². The number of nitrogens with one attached hydrogen (secondary N) is 1. The Morgan fingerprint density at radius 2 is 2.12 bits per heavy atom. The summed E-state index contributed by atoms with van der Waals surface area (Å²) in [6, 6.07) is 7.68. The van der Waals surface area contributed by atoms with Crippen LogP contribution >= 0.6 is 22.7 Å². The van der Waals surface area contributed by atoms with Gasteiger partial charge in [-0.15, -0.1) is 22.7 Å². The number of carbonyl (C=O) groups is 1. The maximum absolute atomic E-state index is 11.6. The van der Waals surface area contributed by atoms with Crippen LogP contribution in [0.25, 0.3) is 0 Å². The van der Waals surface area contributed by atoms with Crippen molar-refractivity contribution in [3.8, 4) is 0 Å². The highest BCUT2D eigenvalue weighted by atomic mass is 32.1. The van der Waals surface area contributed by atoms with Gasteiger partial charge in [0.15, 0.2) is 0 Å². The van der Waals surface area contributed by atoms with E-state index in [1.807, 2.05) is 37.4 Å². The molecular weight excluding hydrogens is 252 g/mol. The van der Waals surface area contributed by atoms with Gasteiger partial charge in [0.2, 0.25) is 0 Å². The Balaban J connectivity index is 2.04. The zero-order chi connectivity index (χ0) is 12.3. The second kappa shape index (κ2) is 5.25. The van der Waals surface area contributed by atoms with Crippen LogP contribution in [0.15, 0.2) is 34.7 Å². The highest BCUT2D eigenvalue weighted by Gasteiger charge is 2.05. The summed E-state index contributed by atoms with van der Waals surface area (Å²) in [5.41, 5.74) is 3.39. The predicted molar refractivity (Wildman–Crippen MR) is 73.1 cm³/mol. The van der Waals surface area contributed by atoms with E-state index in [0.717, 1.165) is 10.6 Å². The fraction of sp³-hybridized carbons (Fsp3) is 0.167. The van der Waals surface area contributed by atoms with Gasteiger partial charge in [-0.2, -0.15) is 5.10 Å². The number of rotatable bonds is 3. The molecule has 0 aliphatic rings. The minimum absolute atomic E-state index is 0.160. The van der Waals surface area contributed by atoms with Crippen molar-refractivity contribution in [1.29, 1.82) is 0 Å². The molecule has 0 spiro atoms. The molecule has 0 saturated heterocycles. The first-order chi connectivity index (χ1) is 8.16. The second-order valence-corrected chi connectivity index (χ2v) is 5.76. The Hall–Kier alpha value is -1.46. The minimum Gasteiger partial charge on any atom is -0.266 e. The minimum atomic E-state index is -0.160. The molecule has 88 valence electrons. The van der Waals surface area contributed by atoms with Crippen LogP contribution in [0.1, 0.15) is 26.3 Å². The lowest BCUT2D eigenvalue weighted by atomic mass is 10.3. The van der Waals surface area contributed by atoms with Crippen molar-refractivity contribution < 1.29 is 4.79 Å². The first-order valence-electron chi connectivity index (χ1n) is 5.12. The molecule has 2 rings (SSSR count). The lowest BCUT2D eigenvalue weighted by molar-refractivity contribution is 0.0959. The number of hydrogen-bond acceptors (Lipinski definition) is 4. The van der Waals surface area contributed by atoms with Crippen molar-refractivity contribution in [2.45, 2.75) is 13.8 Å². The lowest BCUT2D eigenvalue weighted by Gasteiger charge is -1.98. The van der Waals surface area contributed by atoms with Crippen LogP contribution in [0.3, 0.4) is 0 Å². The Kier molecular flexibility index (Phi) is 3.71. The van der Waals surface area contributed by atoms with Crippen molar-refractivity contribution in [2.75, 3.05) is 0 Å². The molecule has 0 radical (unpaired) electrons. The van der Waals surface area contributed by atoms with Gasteiger partial charge < -0.3 is 0 Å². The molecule has 2 aromatic rings. The molecule has 0 aliphatic heterocycles. The smallest absolute Gasteiger partial charge is 0.266 e. The molecule has 2 aromatic heterocycles. The monoisotopic (exact) mass is 264 g/mol. The Bertz CT molecular complexity index is 541. The summed E-state index contributed by atoms with van der Waals surface area (Å²) in [6.07, 6.45) is 0. The summed E-state index contributed by atoms with van der Waals surface area (Å²) in [5, 5.41) is 5.97. The Labute approximate surface area is 108 Å². The van der Waals surface area contributed by atoms with Gasteiger partial charge in [-0.25, -0.2) is 5.43 Å². The summed E-state index contributed by atoms with van der Waals surface area (Å²) in [6.45, 7) is 3.94. The third kappa shape index (κ3) is 3.01. The van der Waals surface area contributed by atoms with Gasteiger partial charge in [0.25, 0.3) is 5.91 Å². The molecule has 1 amide bonds. The van der Waals surface area contributed by atoms with E-state index in [4.69, 9.17) is 0 Å². The standard InChI is InChI=1S/C12H12N2OS2/c1-8-5-6-10(17-8)9(2)13-14-12(15)11-4-3-7-16-11/h3-7H,1-2H3,(H,14,15). The van der Waals surface area contributed by atoms with Crippen LogP contribution in [0.4, 0.5) is 0 Å². The van der Waals surface area contributed by atoms with E-state index >= 15 is 0 Å². The van der Waals surface area contributed by atoms with E-state index in [2.05, 4.69) is 10.5 Å². The van der Waals surface area contributed by atoms with Crippen LogP contribution in [0.2, 0.25) is 0 Å². The van der Waals surface area contributed by atoms with Crippen LogP contribution in [0, 0.1) is 6.92 Å². The average Bonchev–Trinajstić information content (AvgIpc) is 2.95. The SMILES string of the molecule is CC(=NNC(=O)c1cccs1)c1ccc(C)s1. The van der Waals surface area contributed by atoms with E-state index in [9.17, 15) is 4.79 Å². The molecule has 1 N–H and O–H groups in total. The summed E-state index contributed by atoms with van der Waals surface area (Å²) >= 11 is 3.07. The third-order valence-corrected chi connectivity index (χ3v) is 4.15. The van der Waals surface area contributed by atoms with Crippen molar-refractivity contribution in [2.24, 2.45) is 5.10 Å². The average molecular weight is 264 g/mol. The molecule has 17 heavy (non-hydrogen) atoms. The number of nitrogens with zero attached hydrogens (tertiary/aromatic N) is 1. The number of carbonyl (C=O) groups excluding carboxylic acids is 1. The second-order valence-electron chi connectivity index (χ2n) is 3.53. The van der Waals surface area contributed by atoms with E-state index in [1.54, 1.807) is 17.4 Å². The normalized spacial score (nSPS) is 11.5. The maximum atomic E-state index is 11.6. The summed E-state index contributed by atoms with van der Waals surface area (Å²) in [4.78, 5) is 14.6. The van der Waals surface area contributed by atoms with Gasteiger partial charge in [-0.3, -0.25) is 4.79 Å². The van der Waals surface area contributed by atoms with E-state index in [-0.39, 0.29) is 5.91 Å². The van der Waals surface area contributed by atoms with Crippen LogP contribution in [-0.2, 0) is 0 Å². The zero-order valence-corrected chi connectivity index (χ0v) is 11.2. The molecule has 0 aliphatic carbocycles. The van der Waals surface area contributed by atoms with Gasteiger partial charge in [-0.1, -0.05) is 6.07 Å². The first kappa shape index (κ1) is 12.0. The summed E-state index contributed by atoms with van der Waals surface area (Å²) < 4.78 is 0. The number of amides is 1. The van der Waals surface area contributed by atoms with Crippen molar-refractivity contribution >= 4 is 34.3 Å². The van der Waals surface area contributed by atoms with Crippen LogP contribution in [0.5, 0.6) is 0 Å². The van der Waals surface area contributed by atoms with Gasteiger partial charge in [0.05, 0.1) is 15.5 Å². The third-order valence-electron chi connectivity index (χ3n) is 2.17. The Morgan fingerprint density at radius 3 is 2.71 bits per heavy atom. The van der Waals surface area contributed by atoms with Crippen molar-refractivity contribution in [3.05, 3.63) is 44.3 Å². The van der Waals surface area contributed by atoms with Crippen LogP contribution < -0.4 is 5.43 Å². The fourth-order valence-corrected chi connectivity index (χ4v) is 2.71. The molecule has 0 unspecified atom stereocenters. The van der Waals surface area contributed by atoms with Gasteiger partial charge in [0, 0.05) is 4.88 Å². The predicted octanol–water partition coefficient (Wildman–Crippen LogP) is 3.27. The van der Waals surface area contributed by atoms with Crippen LogP contribution in [-0.4, -0.2) is 11.6 Å². The number of hydrogen-bond donors (Lipinski definition) is 1. The molecule has 0 bridgehead atoms. The van der Waals surface area contributed by atoms with Crippen molar-refractivity contribution in [3.63, 3.8) is 0 Å². The first-order valence-corrected chi connectivity index (χ1v) is 6.81. The number of aryl methyl sites for hydroxylation is 1. The van der Waals surface area contributed by atoms with Gasteiger partial charge >= 0.3 is 0 Å². The highest BCUT2D eigenvalue weighted by Crippen LogP contribution is 2.15. The molecule has 0 atom stereocenters. The molecule has 0 fully saturated rings. The molecule has 0 aromatic carbocycles. The molecule has 0 saturated carbocycles. The summed E-state index contributed by atoms with van der Waals surface area (Å²) in [7, 11) is 0. The zero-order valence-electron chi connectivity index (χ0n) is 9.56. The molecule has 2 heterocycles. The molecule has 5 heteroatoms. The van der Waals surface area contributed by atoms with E-state index in [1.165, 1.54) is 16.2 Å². The van der Waals surface area contributed by atoms with Crippen molar-refractivity contribution in [1.82, 2.24) is 5.43 Å². The maximum Gasteiger partial charge on any atom is 0.281 e. The summed E-state index contributed by atoms with van der Waals surface area (Å²) in [5.74, 6) is -0.160.